The third kappa shape index (κ3) is 3.93. The summed E-state index contributed by atoms with van der Waals surface area (Å²) in [5.41, 5.74) is 0. The molecule has 2 unspecified atom stereocenters. The molecule has 2 heterocycles. The minimum absolute atomic E-state index is 0. The minimum atomic E-state index is 0. The van der Waals surface area contributed by atoms with Crippen LogP contribution >= 0.6 is 12.4 Å². The predicted octanol–water partition coefficient (Wildman–Crippen LogP) is 1.27. The fourth-order valence-corrected chi connectivity index (χ4v) is 3.64. The Hall–Kier alpha value is -0.810. The molecule has 22 heavy (non-hydrogen) atoms. The molecule has 6 heteroatoms. The molecule has 1 aliphatic carbocycles. The van der Waals surface area contributed by atoms with Gasteiger partial charge in [0.25, 0.3) is 0 Å². The van der Waals surface area contributed by atoms with Gasteiger partial charge >= 0.3 is 0 Å². The van der Waals surface area contributed by atoms with Gasteiger partial charge in [-0.05, 0) is 45.6 Å². The first-order valence-corrected chi connectivity index (χ1v) is 8.44. The van der Waals surface area contributed by atoms with Gasteiger partial charge in [-0.1, -0.05) is 0 Å². The molecule has 0 aromatic rings. The summed E-state index contributed by atoms with van der Waals surface area (Å²) in [6, 6.07) is 0.426. The van der Waals surface area contributed by atoms with Crippen molar-refractivity contribution in [2.24, 2.45) is 11.8 Å². The topological polar surface area (TPSA) is 52.7 Å². The van der Waals surface area contributed by atoms with Crippen molar-refractivity contribution in [1.82, 2.24) is 15.1 Å². The Morgan fingerprint density at radius 2 is 1.45 bits per heavy atom. The number of amides is 2. The van der Waals surface area contributed by atoms with Crippen molar-refractivity contribution in [3.8, 4) is 0 Å². The van der Waals surface area contributed by atoms with Crippen molar-refractivity contribution < 1.29 is 9.59 Å². The maximum atomic E-state index is 12.7. The molecule has 0 aromatic heterocycles. The summed E-state index contributed by atoms with van der Waals surface area (Å²) in [5, 5.41) is 3.28. The zero-order valence-corrected chi connectivity index (χ0v) is 14.2. The average molecular weight is 330 g/mol. The van der Waals surface area contributed by atoms with E-state index in [0.29, 0.717) is 18.5 Å². The van der Waals surface area contributed by atoms with E-state index in [9.17, 15) is 9.59 Å². The summed E-state index contributed by atoms with van der Waals surface area (Å²) in [4.78, 5) is 28.9. The van der Waals surface area contributed by atoms with E-state index in [0.717, 1.165) is 58.2 Å². The van der Waals surface area contributed by atoms with Crippen LogP contribution in [0.15, 0.2) is 0 Å². The first kappa shape index (κ1) is 17.5. The molecule has 3 rings (SSSR count). The summed E-state index contributed by atoms with van der Waals surface area (Å²) in [5.74, 6) is 0.849. The highest BCUT2D eigenvalue weighted by Crippen LogP contribution is 2.32. The Labute approximate surface area is 139 Å². The number of piperidine rings is 2. The van der Waals surface area contributed by atoms with Crippen LogP contribution in [0.1, 0.15) is 38.5 Å². The smallest absolute Gasteiger partial charge is 0.227 e. The molecule has 2 amide bonds. The minimum Gasteiger partial charge on any atom is -0.342 e. The first-order chi connectivity index (χ1) is 10.2. The Bertz CT molecular complexity index is 414. The van der Waals surface area contributed by atoms with Crippen molar-refractivity contribution in [3.63, 3.8) is 0 Å². The van der Waals surface area contributed by atoms with Gasteiger partial charge in [-0.15, -0.1) is 12.4 Å². The van der Waals surface area contributed by atoms with Gasteiger partial charge in [-0.3, -0.25) is 9.59 Å². The van der Waals surface area contributed by atoms with Crippen LogP contribution in [0.2, 0.25) is 0 Å². The largest absolute Gasteiger partial charge is 0.342 e. The normalized spacial score (nSPS) is 29.0. The van der Waals surface area contributed by atoms with E-state index in [1.165, 1.54) is 0 Å². The molecule has 2 atom stereocenters. The van der Waals surface area contributed by atoms with Crippen LogP contribution in [-0.4, -0.2) is 60.9 Å². The first-order valence-electron chi connectivity index (χ1n) is 8.44. The molecule has 0 spiro atoms. The molecule has 1 saturated carbocycles. The van der Waals surface area contributed by atoms with Gasteiger partial charge in [0.15, 0.2) is 0 Å². The number of rotatable bonds is 3. The van der Waals surface area contributed by atoms with Crippen molar-refractivity contribution in [2.45, 2.75) is 44.6 Å². The molecule has 2 saturated heterocycles. The van der Waals surface area contributed by atoms with E-state index in [4.69, 9.17) is 0 Å². The number of carbonyl (C=O) groups excluding carboxylic acids is 2. The monoisotopic (exact) mass is 329 g/mol. The third-order valence-corrected chi connectivity index (χ3v) is 5.15. The lowest BCUT2D eigenvalue weighted by Gasteiger charge is -2.38. The number of likely N-dealkylation sites (N-methyl/N-ethyl adjacent to an activating group) is 1. The summed E-state index contributed by atoms with van der Waals surface area (Å²) in [7, 11) is 1.97. The zero-order chi connectivity index (χ0) is 14.8. The average Bonchev–Trinajstić information content (AvgIpc) is 3.38. The van der Waals surface area contributed by atoms with E-state index < -0.39 is 0 Å². The van der Waals surface area contributed by atoms with Crippen LogP contribution in [0.25, 0.3) is 0 Å². The van der Waals surface area contributed by atoms with Gasteiger partial charge in [-0.2, -0.15) is 0 Å². The number of hydrogen-bond donors (Lipinski definition) is 1. The molecule has 3 fully saturated rings. The standard InChI is InChI=1S/C16H27N3O2.ClH/c1-17-14-5-3-9-19(11-14)16(21)13-4-2-8-18(10-13)15(20)12-6-7-12;/h12-14,17H,2-11H2,1H3;1H. The summed E-state index contributed by atoms with van der Waals surface area (Å²) < 4.78 is 0. The quantitative estimate of drug-likeness (QED) is 0.848. The Morgan fingerprint density at radius 3 is 2.09 bits per heavy atom. The summed E-state index contributed by atoms with van der Waals surface area (Å²) in [6.07, 6.45) is 6.23. The van der Waals surface area contributed by atoms with E-state index >= 15 is 0 Å². The summed E-state index contributed by atoms with van der Waals surface area (Å²) in [6.45, 7) is 3.19. The highest BCUT2D eigenvalue weighted by Gasteiger charge is 2.38. The molecule has 1 N–H and O–H groups in total. The van der Waals surface area contributed by atoms with Crippen molar-refractivity contribution in [1.29, 1.82) is 0 Å². The SMILES string of the molecule is CNC1CCCN(C(=O)C2CCCN(C(=O)C3CC3)C2)C1.Cl. The molecular formula is C16H28ClN3O2. The highest BCUT2D eigenvalue weighted by molar-refractivity contribution is 5.85. The van der Waals surface area contributed by atoms with Gasteiger partial charge in [0.1, 0.15) is 0 Å². The van der Waals surface area contributed by atoms with Crippen LogP contribution in [0.3, 0.4) is 0 Å². The van der Waals surface area contributed by atoms with E-state index in [-0.39, 0.29) is 30.2 Å². The van der Waals surface area contributed by atoms with E-state index in [1.54, 1.807) is 0 Å². The second-order valence-corrected chi connectivity index (χ2v) is 6.81. The molecule has 126 valence electrons. The van der Waals surface area contributed by atoms with Crippen molar-refractivity contribution in [2.75, 3.05) is 33.2 Å². The fourth-order valence-electron chi connectivity index (χ4n) is 3.64. The molecule has 5 nitrogen and oxygen atoms in total. The lowest BCUT2D eigenvalue weighted by Crippen LogP contribution is -2.52. The lowest BCUT2D eigenvalue weighted by atomic mass is 9.94. The molecule has 0 aromatic carbocycles. The molecule has 0 bridgehead atoms. The van der Waals surface area contributed by atoms with Crippen LogP contribution < -0.4 is 5.32 Å². The number of nitrogens with one attached hydrogen (secondary N) is 1. The van der Waals surface area contributed by atoms with E-state index in [1.807, 2.05) is 16.8 Å². The zero-order valence-electron chi connectivity index (χ0n) is 13.4. The maximum Gasteiger partial charge on any atom is 0.227 e. The molecule has 0 radical (unpaired) electrons. The number of nitrogens with zero attached hydrogens (tertiary/aromatic N) is 2. The van der Waals surface area contributed by atoms with E-state index in [2.05, 4.69) is 5.32 Å². The maximum absolute atomic E-state index is 12.7. The Kier molecular flexibility index (Phi) is 6.09. The lowest BCUT2D eigenvalue weighted by molar-refractivity contribution is -0.142. The number of hydrogen-bond acceptors (Lipinski definition) is 3. The Morgan fingerprint density at radius 1 is 0.864 bits per heavy atom. The van der Waals surface area contributed by atoms with Crippen molar-refractivity contribution >= 4 is 24.2 Å². The van der Waals surface area contributed by atoms with Gasteiger partial charge in [0.2, 0.25) is 11.8 Å². The van der Waals surface area contributed by atoms with Gasteiger partial charge in [-0.25, -0.2) is 0 Å². The van der Waals surface area contributed by atoms with Crippen LogP contribution in [0.4, 0.5) is 0 Å². The number of halogens is 1. The van der Waals surface area contributed by atoms with Crippen molar-refractivity contribution in [3.05, 3.63) is 0 Å². The molecule has 3 aliphatic rings. The second-order valence-electron chi connectivity index (χ2n) is 6.81. The summed E-state index contributed by atoms with van der Waals surface area (Å²) >= 11 is 0. The molecular weight excluding hydrogens is 302 g/mol. The number of carbonyl (C=O) groups is 2. The van der Waals surface area contributed by atoms with Crippen LogP contribution in [0, 0.1) is 11.8 Å². The highest BCUT2D eigenvalue weighted by atomic mass is 35.5. The third-order valence-electron chi connectivity index (χ3n) is 5.15. The van der Waals surface area contributed by atoms with Crippen LogP contribution in [-0.2, 0) is 9.59 Å². The number of likely N-dealkylation sites (tertiary alicyclic amines) is 2. The molecule has 2 aliphatic heterocycles. The van der Waals surface area contributed by atoms with Gasteiger partial charge < -0.3 is 15.1 Å². The van der Waals surface area contributed by atoms with Gasteiger partial charge in [0, 0.05) is 38.1 Å². The van der Waals surface area contributed by atoms with Crippen LogP contribution in [0.5, 0.6) is 0 Å². The fraction of sp³-hybridized carbons (Fsp3) is 0.875. The Balaban J connectivity index is 0.00000176. The van der Waals surface area contributed by atoms with Gasteiger partial charge in [0.05, 0.1) is 5.92 Å². The second kappa shape index (κ2) is 7.64. The predicted molar refractivity (Wildman–Crippen MR) is 87.9 cm³/mol.